The number of amides is 1. The van der Waals surface area contributed by atoms with E-state index in [0.29, 0.717) is 20.6 Å². The van der Waals surface area contributed by atoms with Crippen LogP contribution in [0.2, 0.25) is 5.02 Å². The first-order valence-corrected chi connectivity index (χ1v) is 12.1. The zero-order valence-corrected chi connectivity index (χ0v) is 19.7. The van der Waals surface area contributed by atoms with Crippen LogP contribution in [0.4, 0.5) is 5.13 Å². The van der Waals surface area contributed by atoms with Crippen molar-refractivity contribution in [2.24, 2.45) is 5.92 Å². The van der Waals surface area contributed by atoms with Crippen molar-refractivity contribution in [3.8, 4) is 0 Å². The molecule has 0 radical (unpaired) electrons. The molecular formula is C22H20BrClN2O3S. The van der Waals surface area contributed by atoms with Crippen LogP contribution in [0, 0.1) is 19.8 Å². The molecule has 0 N–H and O–H groups in total. The Hall–Kier alpha value is -1.70. The number of aryl methyl sites for hydroxylation is 2. The largest absolute Gasteiger partial charge is 0.483 e. The Morgan fingerprint density at radius 1 is 1.20 bits per heavy atom. The number of aromatic nitrogens is 1. The van der Waals surface area contributed by atoms with E-state index < -0.39 is 6.04 Å². The number of carbonyl (C=O) groups excluding carboxylic acids is 2. The van der Waals surface area contributed by atoms with Crippen LogP contribution in [-0.4, -0.2) is 27.6 Å². The van der Waals surface area contributed by atoms with E-state index in [1.165, 1.54) is 11.3 Å². The smallest absolute Gasteiger partial charge is 0.296 e. The summed E-state index contributed by atoms with van der Waals surface area (Å²) in [6.45, 7) is 3.90. The van der Waals surface area contributed by atoms with Gasteiger partial charge in [-0.05, 0) is 50.8 Å². The van der Waals surface area contributed by atoms with Gasteiger partial charge in [-0.15, -0.1) is 11.3 Å². The van der Waals surface area contributed by atoms with Gasteiger partial charge in [-0.25, -0.2) is 4.98 Å². The van der Waals surface area contributed by atoms with Crippen molar-refractivity contribution in [1.82, 2.24) is 4.98 Å². The van der Waals surface area contributed by atoms with Crippen LogP contribution in [-0.2, 0) is 14.3 Å². The highest BCUT2D eigenvalue weighted by molar-refractivity contribution is 9.09. The van der Waals surface area contributed by atoms with Crippen molar-refractivity contribution in [2.75, 3.05) is 4.90 Å². The summed E-state index contributed by atoms with van der Waals surface area (Å²) in [5.41, 5.74) is 2.16. The fourth-order valence-corrected chi connectivity index (χ4v) is 6.26. The molecule has 4 atom stereocenters. The molecule has 1 aromatic carbocycles. The quantitative estimate of drug-likeness (QED) is 0.519. The molecule has 1 amide bonds. The van der Waals surface area contributed by atoms with E-state index in [0.717, 1.165) is 35.4 Å². The molecule has 1 fully saturated rings. The van der Waals surface area contributed by atoms with E-state index in [1.54, 1.807) is 17.0 Å². The van der Waals surface area contributed by atoms with Gasteiger partial charge in [0.25, 0.3) is 5.91 Å². The van der Waals surface area contributed by atoms with Crippen LogP contribution >= 0.6 is 38.9 Å². The number of thiazole rings is 1. The van der Waals surface area contributed by atoms with Gasteiger partial charge in [-0.1, -0.05) is 39.7 Å². The zero-order chi connectivity index (χ0) is 21.2. The number of halogens is 2. The Bertz CT molecular complexity index is 1060. The number of hydrogen-bond donors (Lipinski definition) is 0. The van der Waals surface area contributed by atoms with Crippen LogP contribution in [0.5, 0.6) is 0 Å². The number of ether oxygens (including phenoxy) is 1. The van der Waals surface area contributed by atoms with Crippen LogP contribution in [0.3, 0.4) is 0 Å². The lowest BCUT2D eigenvalue weighted by molar-refractivity contribution is -0.131. The summed E-state index contributed by atoms with van der Waals surface area (Å²) in [5, 5.41) is 1.19. The Morgan fingerprint density at radius 2 is 1.93 bits per heavy atom. The number of alkyl halides is 1. The summed E-state index contributed by atoms with van der Waals surface area (Å²) in [5.74, 6) is -0.304. The van der Waals surface area contributed by atoms with Crippen LogP contribution in [0.25, 0.3) is 0 Å². The maximum absolute atomic E-state index is 13.7. The molecule has 1 aliphatic carbocycles. The second-order valence-electron chi connectivity index (χ2n) is 8.05. The van der Waals surface area contributed by atoms with Crippen molar-refractivity contribution in [3.05, 3.63) is 56.8 Å². The van der Waals surface area contributed by atoms with Gasteiger partial charge in [0.05, 0.1) is 23.2 Å². The van der Waals surface area contributed by atoms with Crippen molar-refractivity contribution in [3.63, 3.8) is 0 Å². The lowest BCUT2D eigenvalue weighted by Crippen LogP contribution is -2.41. The third kappa shape index (κ3) is 3.13. The molecule has 2 aliphatic heterocycles. The van der Waals surface area contributed by atoms with E-state index in [1.807, 2.05) is 26.0 Å². The fraction of sp³-hybridized carbons (Fsp3) is 0.409. The van der Waals surface area contributed by atoms with Gasteiger partial charge in [0.1, 0.15) is 6.10 Å². The Labute approximate surface area is 192 Å². The van der Waals surface area contributed by atoms with Crippen LogP contribution < -0.4 is 4.90 Å². The van der Waals surface area contributed by atoms with Gasteiger partial charge in [0, 0.05) is 14.7 Å². The Kier molecular flexibility index (Phi) is 5.03. The van der Waals surface area contributed by atoms with Gasteiger partial charge >= 0.3 is 0 Å². The molecule has 0 spiro atoms. The maximum Gasteiger partial charge on any atom is 0.296 e. The first-order chi connectivity index (χ1) is 14.3. The van der Waals surface area contributed by atoms with E-state index in [-0.39, 0.29) is 29.5 Å². The van der Waals surface area contributed by atoms with E-state index >= 15 is 0 Å². The highest BCUT2D eigenvalue weighted by Crippen LogP contribution is 2.49. The number of anilines is 1. The average molecular weight is 508 g/mol. The second-order valence-corrected chi connectivity index (χ2v) is 11.0. The molecule has 3 heterocycles. The van der Waals surface area contributed by atoms with Crippen LogP contribution in [0.1, 0.15) is 41.4 Å². The molecule has 2 aromatic rings. The standard InChI is InChI=1S/C22H20BrClN2O3S/c1-10-11(2)30-22(25-10)26-18(12-3-6-14(24)7-4-12)17-19(27)15-9-13(23)5-8-16(15)29-20(17)21(26)28/h3-4,6-7,13,15-16,18H,5,8-9H2,1-2H3. The highest BCUT2D eigenvalue weighted by Gasteiger charge is 2.53. The number of ketones is 1. The molecule has 156 valence electrons. The zero-order valence-electron chi connectivity index (χ0n) is 16.5. The summed E-state index contributed by atoms with van der Waals surface area (Å²) in [6, 6.07) is 6.73. The van der Waals surface area contributed by atoms with Gasteiger partial charge in [-0.3, -0.25) is 14.5 Å². The number of nitrogens with zero attached hydrogens (tertiary/aromatic N) is 2. The third-order valence-corrected chi connectivity index (χ3v) is 8.35. The highest BCUT2D eigenvalue weighted by atomic mass is 79.9. The van der Waals surface area contributed by atoms with Crippen LogP contribution in [0.15, 0.2) is 35.6 Å². The van der Waals surface area contributed by atoms with Crippen molar-refractivity contribution >= 4 is 55.7 Å². The molecule has 5 nitrogen and oxygen atoms in total. The van der Waals surface area contributed by atoms with Gasteiger partial charge in [0.15, 0.2) is 16.7 Å². The summed E-state index contributed by atoms with van der Waals surface area (Å²) in [7, 11) is 0. The summed E-state index contributed by atoms with van der Waals surface area (Å²) < 4.78 is 6.21. The average Bonchev–Trinajstić information content (AvgIpc) is 3.20. The number of Topliss-reactive ketones (excluding diaryl/α,β-unsaturated/α-hetero) is 1. The SMILES string of the molecule is Cc1nc(N2C(=O)C3=C(C(=O)C4CC(Br)CCC4O3)C2c2ccc(Cl)cc2)sc1C. The molecule has 1 saturated carbocycles. The first-order valence-electron chi connectivity index (χ1n) is 9.97. The predicted octanol–water partition coefficient (Wildman–Crippen LogP) is 5.29. The molecular weight excluding hydrogens is 488 g/mol. The number of hydrogen-bond acceptors (Lipinski definition) is 5. The lowest BCUT2D eigenvalue weighted by Gasteiger charge is -2.37. The molecule has 4 unspecified atom stereocenters. The molecule has 8 heteroatoms. The second kappa shape index (κ2) is 7.46. The summed E-state index contributed by atoms with van der Waals surface area (Å²) in [4.78, 5) is 34.7. The molecule has 5 rings (SSSR count). The third-order valence-electron chi connectivity index (χ3n) is 6.19. The monoisotopic (exact) mass is 506 g/mol. The number of carbonyl (C=O) groups is 2. The summed E-state index contributed by atoms with van der Waals surface area (Å²) >= 11 is 11.2. The Morgan fingerprint density at radius 3 is 2.60 bits per heavy atom. The van der Waals surface area contributed by atoms with E-state index in [4.69, 9.17) is 16.3 Å². The van der Waals surface area contributed by atoms with Crippen molar-refractivity contribution in [2.45, 2.75) is 50.1 Å². The molecule has 30 heavy (non-hydrogen) atoms. The molecule has 0 saturated heterocycles. The van der Waals surface area contributed by atoms with Crippen molar-refractivity contribution < 1.29 is 14.3 Å². The normalized spacial score (nSPS) is 28.5. The Balaban J connectivity index is 1.65. The predicted molar refractivity (Wildman–Crippen MR) is 120 cm³/mol. The fourth-order valence-electron chi connectivity index (χ4n) is 4.53. The minimum Gasteiger partial charge on any atom is -0.483 e. The summed E-state index contributed by atoms with van der Waals surface area (Å²) in [6.07, 6.45) is 2.18. The van der Waals surface area contributed by atoms with Gasteiger partial charge in [0.2, 0.25) is 0 Å². The topological polar surface area (TPSA) is 59.5 Å². The molecule has 0 bridgehead atoms. The first kappa shape index (κ1) is 20.2. The van der Waals surface area contributed by atoms with Crippen molar-refractivity contribution in [1.29, 1.82) is 0 Å². The number of benzene rings is 1. The van der Waals surface area contributed by atoms with Gasteiger partial charge in [-0.2, -0.15) is 0 Å². The number of rotatable bonds is 2. The maximum atomic E-state index is 13.7. The van der Waals surface area contributed by atoms with E-state index in [9.17, 15) is 9.59 Å². The molecule has 1 aromatic heterocycles. The molecule has 3 aliphatic rings. The minimum absolute atomic E-state index is 0.0196. The minimum atomic E-state index is -0.557. The van der Waals surface area contributed by atoms with Gasteiger partial charge < -0.3 is 4.74 Å². The number of fused-ring (bicyclic) bond motifs is 1. The lowest BCUT2D eigenvalue weighted by atomic mass is 9.77. The van der Waals surface area contributed by atoms with E-state index in [2.05, 4.69) is 20.9 Å².